The number of H-pyrrole nitrogens is 1. The molecular formula is C17H17F2N7O4S2. The lowest BCUT2D eigenvalue weighted by atomic mass is 10.3. The number of sulfonamides is 1. The number of hydrogen-bond acceptors (Lipinski definition) is 10. The van der Waals surface area contributed by atoms with Crippen molar-refractivity contribution in [3.63, 3.8) is 0 Å². The summed E-state index contributed by atoms with van der Waals surface area (Å²) >= 11 is 1.05. The fraction of sp³-hybridized carbons (Fsp3) is 0.294. The summed E-state index contributed by atoms with van der Waals surface area (Å²) in [6.45, 7) is -2.24. The first-order valence-corrected chi connectivity index (χ1v) is 11.5. The molecule has 0 aliphatic carbocycles. The summed E-state index contributed by atoms with van der Waals surface area (Å²) in [6.07, 6.45) is 1.32. The lowest BCUT2D eigenvalue weighted by Gasteiger charge is -2.34. The summed E-state index contributed by atoms with van der Waals surface area (Å²) in [5.74, 6) is -0.482. The molecule has 15 heteroatoms. The lowest BCUT2D eigenvalue weighted by molar-refractivity contribution is -0.0524. The Hall–Kier alpha value is -3.17. The zero-order valence-corrected chi connectivity index (χ0v) is 17.9. The van der Waals surface area contributed by atoms with Gasteiger partial charge in [-0.1, -0.05) is 0 Å². The van der Waals surface area contributed by atoms with Gasteiger partial charge in [0.2, 0.25) is 0 Å². The second kappa shape index (κ2) is 8.76. The molecule has 0 amide bonds. The van der Waals surface area contributed by atoms with Crippen molar-refractivity contribution in [1.82, 2.24) is 24.5 Å². The van der Waals surface area contributed by atoms with Crippen LogP contribution in [0.3, 0.4) is 0 Å². The molecule has 1 aliphatic rings. The molecule has 0 radical (unpaired) electrons. The summed E-state index contributed by atoms with van der Waals surface area (Å²) < 4.78 is 56.8. The van der Waals surface area contributed by atoms with E-state index in [0.29, 0.717) is 10.6 Å². The van der Waals surface area contributed by atoms with Crippen molar-refractivity contribution in [3.8, 4) is 16.5 Å². The Kier molecular flexibility index (Phi) is 6.03. The zero-order valence-electron chi connectivity index (χ0n) is 16.3. The van der Waals surface area contributed by atoms with Gasteiger partial charge in [-0.05, 0) is 18.2 Å². The minimum atomic E-state index is -3.75. The zero-order chi connectivity index (χ0) is 22.9. The van der Waals surface area contributed by atoms with Crippen LogP contribution >= 0.6 is 11.3 Å². The van der Waals surface area contributed by atoms with E-state index in [0.717, 1.165) is 11.3 Å². The summed E-state index contributed by atoms with van der Waals surface area (Å²) in [5, 5.41) is 6.22. The number of nitrogens with zero attached hydrogens (tertiary/aromatic N) is 5. The van der Waals surface area contributed by atoms with E-state index in [1.54, 1.807) is 11.0 Å². The Labute approximate surface area is 184 Å². The Morgan fingerprint density at radius 2 is 1.91 bits per heavy atom. The quantitative estimate of drug-likeness (QED) is 0.521. The van der Waals surface area contributed by atoms with Gasteiger partial charge in [0.25, 0.3) is 21.5 Å². The number of ether oxygens (including phenoxy) is 1. The molecule has 0 saturated carbocycles. The maximum absolute atomic E-state index is 13.0. The van der Waals surface area contributed by atoms with Crippen molar-refractivity contribution in [1.29, 1.82) is 0 Å². The first-order chi connectivity index (χ1) is 15.2. The van der Waals surface area contributed by atoms with Gasteiger partial charge < -0.3 is 15.4 Å². The number of aromatic nitrogens is 4. The van der Waals surface area contributed by atoms with Crippen LogP contribution < -0.4 is 20.9 Å². The Bertz CT molecular complexity index is 1250. The molecule has 0 atom stereocenters. The van der Waals surface area contributed by atoms with E-state index in [-0.39, 0.29) is 47.6 Å². The minimum absolute atomic E-state index is 0.147. The van der Waals surface area contributed by atoms with Gasteiger partial charge in [-0.15, -0.1) is 11.3 Å². The van der Waals surface area contributed by atoms with Crippen molar-refractivity contribution in [2.75, 3.05) is 36.8 Å². The molecule has 3 N–H and O–H groups in total. The number of hydrogen-bond donors (Lipinski definition) is 2. The van der Waals surface area contributed by atoms with Gasteiger partial charge in [-0.2, -0.15) is 23.2 Å². The standard InChI is InChI=1S/C17H17F2N7O4S2/c18-17(19)30-16-15(20)21-9-12(22-16)25-5-7-26(8-6-25)32(28,29)14-4-2-11(31-14)10-1-3-13(27)24-23-10/h1-4,9,17H,5-8H2,(H2,20,21)(H,24,27). The Morgan fingerprint density at radius 3 is 2.56 bits per heavy atom. The first-order valence-electron chi connectivity index (χ1n) is 9.22. The van der Waals surface area contributed by atoms with Gasteiger partial charge in [0.1, 0.15) is 9.90 Å². The molecule has 170 valence electrons. The number of rotatable bonds is 6. The lowest BCUT2D eigenvalue weighted by Crippen LogP contribution is -2.48. The smallest absolute Gasteiger partial charge is 0.388 e. The van der Waals surface area contributed by atoms with Crippen LogP contribution in [0.2, 0.25) is 0 Å². The highest BCUT2D eigenvalue weighted by Gasteiger charge is 2.30. The monoisotopic (exact) mass is 485 g/mol. The SMILES string of the molecule is Nc1ncc(N2CCN(S(=O)(=O)c3ccc(-c4ccc(=O)[nH]n4)s3)CC2)nc1OC(F)F. The van der Waals surface area contributed by atoms with Crippen LogP contribution in [0.4, 0.5) is 20.4 Å². The molecule has 0 bridgehead atoms. The van der Waals surface area contributed by atoms with Gasteiger partial charge in [0.15, 0.2) is 11.6 Å². The summed E-state index contributed by atoms with van der Waals surface area (Å²) in [7, 11) is -3.75. The number of aromatic amines is 1. The Balaban J connectivity index is 1.46. The van der Waals surface area contributed by atoms with E-state index in [4.69, 9.17) is 5.73 Å². The fourth-order valence-corrected chi connectivity index (χ4v) is 5.91. The van der Waals surface area contributed by atoms with E-state index in [1.165, 1.54) is 28.7 Å². The fourth-order valence-electron chi connectivity index (χ4n) is 3.06. The van der Waals surface area contributed by atoms with Crippen LogP contribution in [-0.2, 0) is 10.0 Å². The molecule has 11 nitrogen and oxygen atoms in total. The van der Waals surface area contributed by atoms with Gasteiger partial charge in [-0.25, -0.2) is 18.5 Å². The third-order valence-corrected chi connectivity index (χ3v) is 8.10. The Morgan fingerprint density at radius 1 is 1.16 bits per heavy atom. The van der Waals surface area contributed by atoms with Gasteiger partial charge in [0, 0.05) is 32.2 Å². The van der Waals surface area contributed by atoms with Crippen LogP contribution in [-0.4, -0.2) is 65.7 Å². The van der Waals surface area contributed by atoms with Crippen molar-refractivity contribution in [3.05, 3.63) is 40.8 Å². The second-order valence-electron chi connectivity index (χ2n) is 6.61. The maximum Gasteiger partial charge on any atom is 0.388 e. The molecule has 3 aromatic heterocycles. The minimum Gasteiger partial charge on any atom is -0.413 e. The highest BCUT2D eigenvalue weighted by molar-refractivity contribution is 7.91. The topological polar surface area (TPSA) is 147 Å². The van der Waals surface area contributed by atoms with Crippen LogP contribution in [0, 0.1) is 0 Å². The first kappa shape index (κ1) is 22.0. The molecular weight excluding hydrogens is 468 g/mol. The number of alkyl halides is 2. The normalized spacial score (nSPS) is 15.3. The molecule has 1 aliphatic heterocycles. The highest BCUT2D eigenvalue weighted by Crippen LogP contribution is 2.31. The van der Waals surface area contributed by atoms with Crippen molar-refractivity contribution in [2.24, 2.45) is 0 Å². The van der Waals surface area contributed by atoms with Crippen molar-refractivity contribution in [2.45, 2.75) is 10.8 Å². The molecule has 32 heavy (non-hydrogen) atoms. The van der Waals surface area contributed by atoms with Gasteiger partial charge in [0.05, 0.1) is 11.1 Å². The number of thiophene rings is 1. The molecule has 0 unspecified atom stereocenters. The second-order valence-corrected chi connectivity index (χ2v) is 9.86. The summed E-state index contributed by atoms with van der Waals surface area (Å²) in [4.78, 5) is 21.2. The average molecular weight is 485 g/mol. The molecule has 1 saturated heterocycles. The number of nitrogens with one attached hydrogen (secondary N) is 1. The number of anilines is 2. The summed E-state index contributed by atoms with van der Waals surface area (Å²) in [6, 6.07) is 5.95. The van der Waals surface area contributed by atoms with Gasteiger partial charge in [-0.3, -0.25) is 4.79 Å². The van der Waals surface area contributed by atoms with Gasteiger partial charge >= 0.3 is 6.61 Å². The largest absolute Gasteiger partial charge is 0.413 e. The van der Waals surface area contributed by atoms with E-state index < -0.39 is 22.5 Å². The molecule has 4 heterocycles. The average Bonchev–Trinajstić information content (AvgIpc) is 3.27. The molecule has 4 rings (SSSR count). The highest BCUT2D eigenvalue weighted by atomic mass is 32.2. The van der Waals surface area contributed by atoms with Crippen LogP contribution in [0.5, 0.6) is 5.88 Å². The van der Waals surface area contributed by atoms with Crippen molar-refractivity contribution >= 4 is 33.0 Å². The van der Waals surface area contributed by atoms with E-state index in [2.05, 4.69) is 24.9 Å². The molecule has 0 aromatic carbocycles. The van der Waals surface area contributed by atoms with Crippen LogP contribution in [0.25, 0.3) is 10.6 Å². The number of piperazine rings is 1. The number of nitrogen functional groups attached to an aromatic ring is 1. The maximum atomic E-state index is 13.0. The third-order valence-electron chi connectivity index (χ3n) is 4.62. The molecule has 1 fully saturated rings. The van der Waals surface area contributed by atoms with Crippen LogP contribution in [0.1, 0.15) is 0 Å². The van der Waals surface area contributed by atoms with Crippen LogP contribution in [0.15, 0.2) is 39.5 Å². The van der Waals surface area contributed by atoms with E-state index in [1.807, 2.05) is 0 Å². The van der Waals surface area contributed by atoms with E-state index in [9.17, 15) is 22.0 Å². The number of nitrogens with two attached hydrogens (primary N) is 1. The summed E-state index contributed by atoms with van der Waals surface area (Å²) in [5.41, 5.74) is 5.61. The molecule has 3 aromatic rings. The van der Waals surface area contributed by atoms with Crippen molar-refractivity contribution < 1.29 is 21.9 Å². The molecule has 0 spiro atoms. The number of halogens is 2. The van der Waals surface area contributed by atoms with E-state index >= 15 is 0 Å². The predicted molar refractivity (Wildman–Crippen MR) is 112 cm³/mol. The third kappa shape index (κ3) is 4.53. The predicted octanol–water partition coefficient (Wildman–Crippen LogP) is 0.983.